The second kappa shape index (κ2) is 11.3. The molecule has 2 aromatic carbocycles. The van der Waals surface area contributed by atoms with Crippen LogP contribution in [-0.2, 0) is 13.0 Å². The molecule has 34 heavy (non-hydrogen) atoms. The Hall–Kier alpha value is -3.14. The fourth-order valence-corrected chi connectivity index (χ4v) is 4.70. The van der Waals surface area contributed by atoms with Gasteiger partial charge in [-0.3, -0.25) is 0 Å². The minimum Gasteiger partial charge on any atom is -0.398 e. The van der Waals surface area contributed by atoms with Crippen LogP contribution in [0.3, 0.4) is 0 Å². The molecule has 0 bridgehead atoms. The van der Waals surface area contributed by atoms with Gasteiger partial charge in [0.15, 0.2) is 11.4 Å². The third kappa shape index (κ3) is 5.49. The normalized spacial score (nSPS) is 14.1. The van der Waals surface area contributed by atoms with Crippen LogP contribution in [0.2, 0.25) is 0 Å². The molecular formula is C30H40N4+2. The maximum absolute atomic E-state index is 8.78. The van der Waals surface area contributed by atoms with Gasteiger partial charge in [0.1, 0.15) is 18.5 Å². The van der Waals surface area contributed by atoms with Crippen molar-refractivity contribution >= 4 is 33.2 Å². The lowest BCUT2D eigenvalue weighted by atomic mass is 10.1. The summed E-state index contributed by atoms with van der Waals surface area (Å²) in [4.78, 5) is 0. The molecular weight excluding hydrogens is 416 g/mol. The lowest BCUT2D eigenvalue weighted by Crippen LogP contribution is -2.38. The van der Waals surface area contributed by atoms with Crippen molar-refractivity contribution in [3.63, 3.8) is 0 Å². The van der Waals surface area contributed by atoms with Crippen LogP contribution >= 0.6 is 0 Å². The van der Waals surface area contributed by atoms with Gasteiger partial charge in [-0.2, -0.15) is 9.13 Å². The van der Waals surface area contributed by atoms with E-state index < -0.39 is 13.0 Å². The molecule has 178 valence electrons. The Morgan fingerprint density at radius 1 is 0.588 bits per heavy atom. The molecule has 4 heteroatoms. The highest BCUT2D eigenvalue weighted by molar-refractivity contribution is 5.88. The Morgan fingerprint density at radius 2 is 0.941 bits per heavy atom. The minimum atomic E-state index is -1.50. The molecule has 0 aliphatic carbocycles. The van der Waals surface area contributed by atoms with Crippen LogP contribution in [0.15, 0.2) is 60.7 Å². The van der Waals surface area contributed by atoms with E-state index >= 15 is 0 Å². The van der Waals surface area contributed by atoms with Crippen LogP contribution in [0.1, 0.15) is 68.2 Å². The van der Waals surface area contributed by atoms with Gasteiger partial charge in [0.25, 0.3) is 0 Å². The highest BCUT2D eigenvalue weighted by atomic mass is 15.0. The molecule has 0 aliphatic rings. The van der Waals surface area contributed by atoms with E-state index in [9.17, 15) is 0 Å². The fraction of sp³-hybridized carbons (Fsp3) is 0.400. The van der Waals surface area contributed by atoms with Crippen LogP contribution in [0.25, 0.3) is 21.8 Å². The number of nitrogens with zero attached hydrogens (tertiary/aromatic N) is 2. The van der Waals surface area contributed by atoms with E-state index in [1.807, 2.05) is 74.5 Å². The van der Waals surface area contributed by atoms with Gasteiger partial charge in [0, 0.05) is 51.0 Å². The van der Waals surface area contributed by atoms with E-state index in [0.29, 0.717) is 24.2 Å². The van der Waals surface area contributed by atoms with E-state index in [2.05, 4.69) is 0 Å². The number of aromatic nitrogens is 2. The van der Waals surface area contributed by atoms with Gasteiger partial charge >= 0.3 is 0 Å². The van der Waals surface area contributed by atoms with Crippen molar-refractivity contribution in [2.45, 2.75) is 78.2 Å². The number of pyridine rings is 2. The summed E-state index contributed by atoms with van der Waals surface area (Å²) in [6.07, 6.45) is 6.41. The number of benzene rings is 2. The Morgan fingerprint density at radius 3 is 1.35 bits per heavy atom. The van der Waals surface area contributed by atoms with E-state index in [-0.39, 0.29) is 0 Å². The minimum absolute atomic E-state index is 0.440. The Balaban J connectivity index is 1.27. The molecule has 4 aromatic rings. The molecule has 0 radical (unpaired) electrons. The predicted octanol–water partition coefficient (Wildman–Crippen LogP) is 6.17. The average molecular weight is 461 g/mol. The van der Waals surface area contributed by atoms with Crippen LogP contribution in [-0.4, -0.2) is 0 Å². The van der Waals surface area contributed by atoms with E-state index in [1.54, 1.807) is 9.13 Å². The standard InChI is InChI=1S/C30H38N4/c1-23-21-27(31)25-15-9-11-17-29(25)33(23)19-13-7-5-3-4-6-8-14-20-34-24(2)22-28(32)26-16-10-12-18-30(26)34/h9-12,15-18,21-22,31-32H,3-8,13-14,19-20H2,1-2H3/p+2/i19D2,20D2. The number of rotatable bonds is 11. The zero-order valence-electron chi connectivity index (χ0n) is 24.5. The van der Waals surface area contributed by atoms with Gasteiger partial charge in [0.2, 0.25) is 11.0 Å². The second-order valence-electron chi connectivity index (χ2n) is 9.12. The Bertz CT molecular complexity index is 1330. The van der Waals surface area contributed by atoms with Crippen molar-refractivity contribution in [2.75, 3.05) is 11.5 Å². The maximum atomic E-state index is 8.78. The van der Waals surface area contributed by atoms with Crippen molar-refractivity contribution in [2.24, 2.45) is 0 Å². The lowest BCUT2D eigenvalue weighted by Gasteiger charge is -2.08. The Labute approximate surface area is 209 Å². The highest BCUT2D eigenvalue weighted by Gasteiger charge is 2.15. The molecule has 4 N–H and O–H groups in total. The highest BCUT2D eigenvalue weighted by Crippen LogP contribution is 2.20. The zero-order valence-corrected chi connectivity index (χ0v) is 20.5. The number of para-hydroxylation sites is 2. The largest absolute Gasteiger partial charge is 0.398 e. The molecule has 2 aromatic heterocycles. The molecule has 2 heterocycles. The number of anilines is 2. The molecule has 4 rings (SSSR count). The van der Waals surface area contributed by atoms with Gasteiger partial charge < -0.3 is 11.5 Å². The number of fused-ring (bicyclic) bond motifs is 2. The summed E-state index contributed by atoms with van der Waals surface area (Å²) < 4.78 is 38.7. The first-order chi connectivity index (χ1) is 18.0. The molecule has 0 amide bonds. The fourth-order valence-electron chi connectivity index (χ4n) is 4.70. The molecule has 0 aliphatic heterocycles. The van der Waals surface area contributed by atoms with E-state index in [0.717, 1.165) is 71.7 Å². The van der Waals surface area contributed by atoms with Crippen molar-refractivity contribution in [1.82, 2.24) is 0 Å². The smallest absolute Gasteiger partial charge is 0.214 e. The summed E-state index contributed by atoms with van der Waals surface area (Å²) in [7, 11) is 0. The summed E-state index contributed by atoms with van der Waals surface area (Å²) in [6, 6.07) is 19.1. The predicted molar refractivity (Wildman–Crippen MR) is 144 cm³/mol. The SMILES string of the molecule is [2H]C([2H])(CCCCCCCCC([2H])([2H])[n+]1c(C)cc(N)c2ccccc21)[n+]1c(C)cc(N)c2ccccc21. The third-order valence-corrected chi connectivity index (χ3v) is 6.49. The van der Waals surface area contributed by atoms with Crippen LogP contribution in [0, 0.1) is 13.8 Å². The zero-order chi connectivity index (χ0) is 27.5. The number of unbranched alkanes of at least 4 members (excludes halogenated alkanes) is 5. The number of hydrogen-bond acceptors (Lipinski definition) is 2. The van der Waals surface area contributed by atoms with Gasteiger partial charge in [-0.1, -0.05) is 49.9 Å². The molecule has 0 atom stereocenters. The van der Waals surface area contributed by atoms with Gasteiger partial charge in [-0.25, -0.2) is 0 Å². The first-order valence-electron chi connectivity index (χ1n) is 14.4. The van der Waals surface area contributed by atoms with E-state index in [4.69, 9.17) is 17.0 Å². The second-order valence-corrected chi connectivity index (χ2v) is 9.12. The monoisotopic (exact) mass is 460 g/mol. The first-order valence-corrected chi connectivity index (χ1v) is 12.4. The van der Waals surface area contributed by atoms with Gasteiger partial charge in [0.05, 0.1) is 22.1 Å². The van der Waals surface area contributed by atoms with Crippen LogP contribution in [0.5, 0.6) is 0 Å². The van der Waals surface area contributed by atoms with Gasteiger partial charge in [-0.05, 0) is 25.0 Å². The van der Waals surface area contributed by atoms with E-state index in [1.165, 1.54) is 0 Å². The molecule has 0 unspecified atom stereocenters. The van der Waals surface area contributed by atoms with Gasteiger partial charge in [-0.15, -0.1) is 0 Å². The molecule has 0 saturated carbocycles. The number of aryl methyl sites for hydroxylation is 4. The maximum Gasteiger partial charge on any atom is 0.214 e. The summed E-state index contributed by atoms with van der Waals surface area (Å²) in [5, 5.41) is 1.75. The average Bonchev–Trinajstić information content (AvgIpc) is 2.85. The molecule has 4 nitrogen and oxygen atoms in total. The third-order valence-electron chi connectivity index (χ3n) is 6.49. The topological polar surface area (TPSA) is 59.8 Å². The molecule has 0 spiro atoms. The number of nitrogen functional groups attached to an aromatic ring is 2. The van der Waals surface area contributed by atoms with Crippen molar-refractivity contribution in [3.8, 4) is 0 Å². The Kier molecular flexibility index (Phi) is 6.39. The summed E-state index contributed by atoms with van der Waals surface area (Å²) >= 11 is 0. The summed E-state index contributed by atoms with van der Waals surface area (Å²) in [5.74, 6) is 0. The quantitative estimate of drug-likeness (QED) is 0.208. The number of nitrogens with two attached hydrogens (primary N) is 2. The van der Waals surface area contributed by atoms with Crippen LogP contribution < -0.4 is 20.6 Å². The molecule has 0 saturated heterocycles. The summed E-state index contributed by atoms with van der Waals surface area (Å²) in [6.45, 7) is 0.827. The van der Waals surface area contributed by atoms with Crippen LogP contribution in [0.4, 0.5) is 11.4 Å². The molecule has 0 fully saturated rings. The van der Waals surface area contributed by atoms with Crippen molar-refractivity contribution < 1.29 is 14.6 Å². The van der Waals surface area contributed by atoms with Crippen molar-refractivity contribution in [3.05, 3.63) is 72.1 Å². The van der Waals surface area contributed by atoms with Crippen molar-refractivity contribution in [1.29, 1.82) is 0 Å². The summed E-state index contributed by atoms with van der Waals surface area (Å²) in [5.41, 5.74) is 17.0. The number of hydrogen-bond donors (Lipinski definition) is 2. The first kappa shape index (κ1) is 19.2. The lowest BCUT2D eigenvalue weighted by molar-refractivity contribution is -0.678.